The van der Waals surface area contributed by atoms with Crippen molar-refractivity contribution in [2.45, 2.75) is 20.4 Å². The number of methoxy groups -OCH3 is 1. The van der Waals surface area contributed by atoms with Gasteiger partial charge in [0.1, 0.15) is 17.2 Å². The predicted molar refractivity (Wildman–Crippen MR) is 101 cm³/mol. The Labute approximate surface area is 148 Å². The van der Waals surface area contributed by atoms with Crippen LogP contribution in [0.5, 0.6) is 17.2 Å². The third-order valence-corrected chi connectivity index (χ3v) is 3.44. The third-order valence-electron chi connectivity index (χ3n) is 3.44. The van der Waals surface area contributed by atoms with Crippen LogP contribution in [0.15, 0.2) is 47.5 Å². The van der Waals surface area contributed by atoms with E-state index in [1.165, 1.54) is 0 Å². The molecule has 2 rings (SSSR count). The summed E-state index contributed by atoms with van der Waals surface area (Å²) in [5.41, 5.74) is 7.71. The summed E-state index contributed by atoms with van der Waals surface area (Å²) in [6, 6.07) is 13.3. The Hall–Kier alpha value is -2.89. The quantitative estimate of drug-likeness (QED) is 0.567. The minimum atomic E-state index is 0.292. The summed E-state index contributed by atoms with van der Waals surface area (Å²) in [7, 11) is 1.64. The average Bonchev–Trinajstić information content (AvgIpc) is 2.62. The van der Waals surface area contributed by atoms with Crippen LogP contribution in [-0.4, -0.2) is 26.3 Å². The van der Waals surface area contributed by atoms with Gasteiger partial charge in [-0.15, -0.1) is 0 Å². The molecule has 0 unspecified atom stereocenters. The minimum absolute atomic E-state index is 0.292. The Kier molecular flexibility index (Phi) is 6.95. The number of aliphatic imine (C=N–C) groups is 1. The summed E-state index contributed by atoms with van der Waals surface area (Å²) in [6.07, 6.45) is 0. The SMILES string of the molecule is CCOc1ccc(OCC)c(NC(N)=NCc2ccccc2OC)c1. The second kappa shape index (κ2) is 9.42. The lowest BCUT2D eigenvalue weighted by Gasteiger charge is -2.14. The number of ether oxygens (including phenoxy) is 3. The fraction of sp³-hybridized carbons (Fsp3) is 0.316. The first-order chi connectivity index (χ1) is 12.2. The van der Waals surface area contributed by atoms with Crippen molar-refractivity contribution in [2.24, 2.45) is 10.7 Å². The molecule has 6 heteroatoms. The summed E-state index contributed by atoms with van der Waals surface area (Å²) >= 11 is 0. The molecule has 0 aliphatic carbocycles. The highest BCUT2D eigenvalue weighted by Crippen LogP contribution is 2.29. The normalized spacial score (nSPS) is 11.1. The average molecular weight is 343 g/mol. The lowest BCUT2D eigenvalue weighted by Crippen LogP contribution is -2.23. The molecule has 0 saturated heterocycles. The number of nitrogens with two attached hydrogens (primary N) is 1. The molecule has 0 aliphatic rings. The molecular formula is C19H25N3O3. The van der Waals surface area contributed by atoms with Crippen LogP contribution in [0.25, 0.3) is 0 Å². The van der Waals surface area contributed by atoms with Crippen LogP contribution in [0.3, 0.4) is 0 Å². The molecule has 3 N–H and O–H groups in total. The van der Waals surface area contributed by atoms with Gasteiger partial charge < -0.3 is 25.3 Å². The van der Waals surface area contributed by atoms with Gasteiger partial charge in [0.05, 0.1) is 32.6 Å². The second-order valence-electron chi connectivity index (χ2n) is 5.16. The number of anilines is 1. The summed E-state index contributed by atoms with van der Waals surface area (Å²) in [5.74, 6) is 2.51. The van der Waals surface area contributed by atoms with Crippen LogP contribution in [0, 0.1) is 0 Å². The number of nitrogens with one attached hydrogen (secondary N) is 1. The highest BCUT2D eigenvalue weighted by molar-refractivity contribution is 5.94. The second-order valence-corrected chi connectivity index (χ2v) is 5.16. The van der Waals surface area contributed by atoms with Gasteiger partial charge in [0.15, 0.2) is 5.96 Å². The van der Waals surface area contributed by atoms with Crippen LogP contribution < -0.4 is 25.3 Å². The van der Waals surface area contributed by atoms with Gasteiger partial charge in [0, 0.05) is 11.6 Å². The molecule has 134 valence electrons. The summed E-state index contributed by atoms with van der Waals surface area (Å²) < 4.78 is 16.5. The zero-order chi connectivity index (χ0) is 18.1. The zero-order valence-corrected chi connectivity index (χ0v) is 14.9. The molecule has 0 amide bonds. The van der Waals surface area contributed by atoms with Crippen LogP contribution in [0.2, 0.25) is 0 Å². The molecule has 0 radical (unpaired) electrons. The summed E-state index contributed by atoms with van der Waals surface area (Å²) in [4.78, 5) is 4.38. The number of guanidine groups is 1. The first-order valence-electron chi connectivity index (χ1n) is 8.26. The van der Waals surface area contributed by atoms with E-state index in [1.807, 2.05) is 56.3 Å². The van der Waals surface area contributed by atoms with Crippen molar-refractivity contribution >= 4 is 11.6 Å². The van der Waals surface area contributed by atoms with Gasteiger partial charge >= 0.3 is 0 Å². The molecule has 0 spiro atoms. The lowest BCUT2D eigenvalue weighted by atomic mass is 10.2. The van der Waals surface area contributed by atoms with Crippen molar-refractivity contribution in [3.8, 4) is 17.2 Å². The highest BCUT2D eigenvalue weighted by atomic mass is 16.5. The smallest absolute Gasteiger partial charge is 0.193 e. The molecule has 0 atom stereocenters. The predicted octanol–water partition coefficient (Wildman–Crippen LogP) is 3.42. The molecule has 25 heavy (non-hydrogen) atoms. The van der Waals surface area contributed by atoms with Gasteiger partial charge in [0.25, 0.3) is 0 Å². The first kappa shape index (κ1) is 18.4. The van der Waals surface area contributed by atoms with E-state index in [0.29, 0.717) is 37.2 Å². The van der Waals surface area contributed by atoms with Gasteiger partial charge in [-0.25, -0.2) is 4.99 Å². The van der Waals surface area contributed by atoms with E-state index >= 15 is 0 Å². The number of hydrogen-bond donors (Lipinski definition) is 2. The van der Waals surface area contributed by atoms with Gasteiger partial charge in [-0.1, -0.05) is 18.2 Å². The number of hydrogen-bond acceptors (Lipinski definition) is 4. The van der Waals surface area contributed by atoms with E-state index in [0.717, 1.165) is 17.1 Å². The molecule has 0 aliphatic heterocycles. The van der Waals surface area contributed by atoms with E-state index in [2.05, 4.69) is 10.3 Å². The Morgan fingerprint density at radius 2 is 1.80 bits per heavy atom. The molecule has 6 nitrogen and oxygen atoms in total. The zero-order valence-electron chi connectivity index (χ0n) is 14.9. The fourth-order valence-electron chi connectivity index (χ4n) is 2.33. The maximum atomic E-state index is 6.04. The van der Waals surface area contributed by atoms with Crippen molar-refractivity contribution in [2.75, 3.05) is 25.6 Å². The van der Waals surface area contributed by atoms with Crippen molar-refractivity contribution in [3.63, 3.8) is 0 Å². The Balaban J connectivity index is 2.15. The van der Waals surface area contributed by atoms with Gasteiger partial charge in [0.2, 0.25) is 0 Å². The van der Waals surface area contributed by atoms with E-state index in [-0.39, 0.29) is 0 Å². The molecule has 0 bridgehead atoms. The van der Waals surface area contributed by atoms with Crippen molar-refractivity contribution in [1.29, 1.82) is 0 Å². The molecule has 2 aromatic carbocycles. The molecular weight excluding hydrogens is 318 g/mol. The van der Waals surface area contributed by atoms with Crippen LogP contribution in [-0.2, 0) is 6.54 Å². The summed E-state index contributed by atoms with van der Waals surface area (Å²) in [6.45, 7) is 5.43. The van der Waals surface area contributed by atoms with Crippen molar-refractivity contribution in [1.82, 2.24) is 0 Å². The number of para-hydroxylation sites is 1. The number of nitrogens with zero attached hydrogens (tertiary/aromatic N) is 1. The maximum Gasteiger partial charge on any atom is 0.193 e. The van der Waals surface area contributed by atoms with E-state index in [4.69, 9.17) is 19.9 Å². The molecule has 0 aromatic heterocycles. The first-order valence-corrected chi connectivity index (χ1v) is 8.26. The van der Waals surface area contributed by atoms with E-state index in [1.54, 1.807) is 7.11 Å². The van der Waals surface area contributed by atoms with Crippen LogP contribution in [0.4, 0.5) is 5.69 Å². The third kappa shape index (κ3) is 5.31. The van der Waals surface area contributed by atoms with E-state index < -0.39 is 0 Å². The Bertz CT molecular complexity index is 717. The molecule has 0 heterocycles. The minimum Gasteiger partial charge on any atom is -0.496 e. The van der Waals surface area contributed by atoms with Crippen molar-refractivity contribution in [3.05, 3.63) is 48.0 Å². The molecule has 2 aromatic rings. The maximum absolute atomic E-state index is 6.04. The van der Waals surface area contributed by atoms with Gasteiger partial charge in [-0.05, 0) is 32.0 Å². The number of benzene rings is 2. The number of rotatable bonds is 8. The van der Waals surface area contributed by atoms with Crippen LogP contribution >= 0.6 is 0 Å². The summed E-state index contributed by atoms with van der Waals surface area (Å²) in [5, 5.41) is 3.08. The monoisotopic (exact) mass is 343 g/mol. The van der Waals surface area contributed by atoms with Crippen molar-refractivity contribution < 1.29 is 14.2 Å². The Morgan fingerprint density at radius 1 is 1.04 bits per heavy atom. The largest absolute Gasteiger partial charge is 0.496 e. The standard InChI is InChI=1S/C19H25N3O3/c1-4-24-15-10-11-18(25-5-2)16(12-15)22-19(20)21-13-14-8-6-7-9-17(14)23-3/h6-12H,4-5,13H2,1-3H3,(H3,20,21,22). The van der Waals surface area contributed by atoms with Gasteiger partial charge in [-0.3, -0.25) is 0 Å². The fourth-order valence-corrected chi connectivity index (χ4v) is 2.33. The van der Waals surface area contributed by atoms with E-state index in [9.17, 15) is 0 Å². The Morgan fingerprint density at radius 3 is 2.52 bits per heavy atom. The topological polar surface area (TPSA) is 78.1 Å². The highest BCUT2D eigenvalue weighted by Gasteiger charge is 2.07. The lowest BCUT2D eigenvalue weighted by molar-refractivity contribution is 0.332. The van der Waals surface area contributed by atoms with Gasteiger partial charge in [-0.2, -0.15) is 0 Å². The molecule has 0 saturated carbocycles. The molecule has 0 fully saturated rings. The van der Waals surface area contributed by atoms with Crippen LogP contribution in [0.1, 0.15) is 19.4 Å².